The summed E-state index contributed by atoms with van der Waals surface area (Å²) < 4.78 is 0. The van der Waals surface area contributed by atoms with Crippen molar-refractivity contribution in [1.29, 1.82) is 0 Å². The minimum atomic E-state index is 0.333. The van der Waals surface area contributed by atoms with E-state index in [1.165, 1.54) is 10.8 Å². The SMILES string of the molecule is OCC1CCN([C@H]2CCN(c3nccc(-c4ccc5ccccc5c4)n3)C2)CC1. The van der Waals surface area contributed by atoms with E-state index >= 15 is 0 Å². The molecule has 5 nitrogen and oxygen atoms in total. The monoisotopic (exact) mass is 388 g/mol. The van der Waals surface area contributed by atoms with Crippen molar-refractivity contribution in [3.63, 3.8) is 0 Å². The van der Waals surface area contributed by atoms with E-state index in [1.54, 1.807) is 0 Å². The molecule has 2 fully saturated rings. The van der Waals surface area contributed by atoms with Crippen LogP contribution in [-0.4, -0.2) is 58.8 Å². The second-order valence-corrected chi connectivity index (χ2v) is 8.35. The molecule has 3 heterocycles. The average Bonchev–Trinajstić information content (AvgIpc) is 3.29. The van der Waals surface area contributed by atoms with Crippen molar-refractivity contribution in [2.45, 2.75) is 25.3 Å². The second-order valence-electron chi connectivity index (χ2n) is 8.35. The molecule has 0 unspecified atom stereocenters. The minimum absolute atomic E-state index is 0.333. The van der Waals surface area contributed by atoms with Gasteiger partial charge in [-0.2, -0.15) is 0 Å². The van der Waals surface area contributed by atoms with Gasteiger partial charge >= 0.3 is 0 Å². The molecule has 0 saturated carbocycles. The molecule has 3 aromatic rings. The maximum atomic E-state index is 9.37. The molecule has 5 heteroatoms. The number of aromatic nitrogens is 2. The summed E-state index contributed by atoms with van der Waals surface area (Å²) in [6.07, 6.45) is 5.27. The van der Waals surface area contributed by atoms with Gasteiger partial charge in [-0.15, -0.1) is 0 Å². The fourth-order valence-electron chi connectivity index (χ4n) is 4.73. The van der Waals surface area contributed by atoms with Gasteiger partial charge in [-0.25, -0.2) is 9.97 Å². The molecule has 5 rings (SSSR count). The summed E-state index contributed by atoms with van der Waals surface area (Å²) in [5.41, 5.74) is 2.11. The van der Waals surface area contributed by atoms with Crippen LogP contribution in [0.5, 0.6) is 0 Å². The minimum Gasteiger partial charge on any atom is -0.396 e. The maximum Gasteiger partial charge on any atom is 0.225 e. The van der Waals surface area contributed by atoms with Crippen molar-refractivity contribution >= 4 is 16.7 Å². The Bertz CT molecular complexity index is 983. The van der Waals surface area contributed by atoms with Gasteiger partial charge in [-0.05, 0) is 61.2 Å². The summed E-state index contributed by atoms with van der Waals surface area (Å²) >= 11 is 0. The van der Waals surface area contributed by atoms with Crippen LogP contribution in [-0.2, 0) is 0 Å². The molecule has 0 bridgehead atoms. The average molecular weight is 389 g/mol. The summed E-state index contributed by atoms with van der Waals surface area (Å²) in [6, 6.07) is 17.5. The molecule has 1 N–H and O–H groups in total. The van der Waals surface area contributed by atoms with Crippen molar-refractivity contribution in [1.82, 2.24) is 14.9 Å². The number of aliphatic hydroxyl groups excluding tert-OH is 1. The van der Waals surface area contributed by atoms with E-state index < -0.39 is 0 Å². The summed E-state index contributed by atoms with van der Waals surface area (Å²) in [4.78, 5) is 14.4. The smallest absolute Gasteiger partial charge is 0.225 e. The molecule has 0 radical (unpaired) electrons. The molecule has 1 atom stereocenters. The lowest BCUT2D eigenvalue weighted by atomic mass is 9.96. The van der Waals surface area contributed by atoms with E-state index in [0.717, 1.165) is 62.6 Å². The predicted octanol–water partition coefficient (Wildman–Crippen LogP) is 3.58. The number of piperidine rings is 1. The Labute approximate surface area is 172 Å². The van der Waals surface area contributed by atoms with Crippen LogP contribution in [0.15, 0.2) is 54.7 Å². The van der Waals surface area contributed by atoms with E-state index in [9.17, 15) is 5.11 Å². The lowest BCUT2D eigenvalue weighted by Gasteiger charge is -2.35. The number of rotatable bonds is 4. The van der Waals surface area contributed by atoms with Gasteiger partial charge in [0.05, 0.1) is 5.69 Å². The Morgan fingerprint density at radius 2 is 1.76 bits per heavy atom. The second kappa shape index (κ2) is 8.09. The standard InChI is InChI=1S/C24H28N4O/c29-17-18-8-12-27(13-9-18)22-10-14-28(16-22)24-25-11-7-23(26-24)21-6-5-19-3-1-2-4-20(19)15-21/h1-7,11,15,18,22,29H,8-10,12-14,16-17H2/t22-/m0/s1. The van der Waals surface area contributed by atoms with E-state index in [2.05, 4.69) is 57.2 Å². The molecule has 29 heavy (non-hydrogen) atoms. The number of anilines is 1. The Kier molecular flexibility index (Phi) is 5.17. The third-order valence-electron chi connectivity index (χ3n) is 6.56. The van der Waals surface area contributed by atoms with Gasteiger partial charge in [0, 0.05) is 37.5 Å². The first kappa shape index (κ1) is 18.5. The highest BCUT2D eigenvalue weighted by Crippen LogP contribution is 2.27. The van der Waals surface area contributed by atoms with Crippen LogP contribution in [0.1, 0.15) is 19.3 Å². The van der Waals surface area contributed by atoms with Gasteiger partial charge in [0.15, 0.2) is 0 Å². The molecule has 2 aliphatic rings. The van der Waals surface area contributed by atoms with Crippen molar-refractivity contribution < 1.29 is 5.11 Å². The number of hydrogen-bond donors (Lipinski definition) is 1. The summed E-state index contributed by atoms with van der Waals surface area (Å²) in [5, 5.41) is 11.9. The van der Waals surface area contributed by atoms with Crippen molar-refractivity contribution in [2.75, 3.05) is 37.7 Å². The molecule has 2 aromatic carbocycles. The Balaban J connectivity index is 1.31. The van der Waals surface area contributed by atoms with Crippen LogP contribution >= 0.6 is 0 Å². The van der Waals surface area contributed by atoms with E-state index in [1.807, 2.05) is 12.3 Å². The molecular formula is C24H28N4O. The van der Waals surface area contributed by atoms with Gasteiger partial charge < -0.3 is 10.0 Å². The van der Waals surface area contributed by atoms with Crippen LogP contribution in [0.2, 0.25) is 0 Å². The Morgan fingerprint density at radius 3 is 2.59 bits per heavy atom. The zero-order valence-corrected chi connectivity index (χ0v) is 16.7. The lowest BCUT2D eigenvalue weighted by molar-refractivity contribution is 0.107. The number of hydrogen-bond acceptors (Lipinski definition) is 5. The van der Waals surface area contributed by atoms with Gasteiger partial charge in [0.1, 0.15) is 0 Å². The van der Waals surface area contributed by atoms with Crippen LogP contribution in [0, 0.1) is 5.92 Å². The predicted molar refractivity (Wildman–Crippen MR) is 117 cm³/mol. The maximum absolute atomic E-state index is 9.37. The molecule has 150 valence electrons. The molecule has 0 aliphatic carbocycles. The molecular weight excluding hydrogens is 360 g/mol. The summed E-state index contributed by atoms with van der Waals surface area (Å²) in [5.74, 6) is 1.33. The zero-order valence-electron chi connectivity index (χ0n) is 16.7. The van der Waals surface area contributed by atoms with Crippen molar-refractivity contribution in [2.24, 2.45) is 5.92 Å². The van der Waals surface area contributed by atoms with Gasteiger partial charge in [-0.3, -0.25) is 4.90 Å². The number of aliphatic hydroxyl groups is 1. The lowest BCUT2D eigenvalue weighted by Crippen LogP contribution is -2.43. The molecule has 0 spiro atoms. The largest absolute Gasteiger partial charge is 0.396 e. The molecule has 2 saturated heterocycles. The first-order valence-corrected chi connectivity index (χ1v) is 10.7. The normalized spacial score (nSPS) is 21.1. The third kappa shape index (κ3) is 3.85. The van der Waals surface area contributed by atoms with E-state index in [0.29, 0.717) is 18.6 Å². The van der Waals surface area contributed by atoms with Gasteiger partial charge in [0.25, 0.3) is 0 Å². The van der Waals surface area contributed by atoms with Gasteiger partial charge in [-0.1, -0.05) is 36.4 Å². The Hall–Kier alpha value is -2.50. The number of nitrogens with zero attached hydrogens (tertiary/aromatic N) is 4. The highest BCUT2D eigenvalue weighted by molar-refractivity contribution is 5.86. The summed E-state index contributed by atoms with van der Waals surface area (Å²) in [7, 11) is 0. The third-order valence-corrected chi connectivity index (χ3v) is 6.56. The molecule has 1 aromatic heterocycles. The number of likely N-dealkylation sites (tertiary alicyclic amines) is 1. The van der Waals surface area contributed by atoms with Crippen LogP contribution in [0.3, 0.4) is 0 Å². The molecule has 0 amide bonds. The van der Waals surface area contributed by atoms with Crippen molar-refractivity contribution in [3.05, 3.63) is 54.7 Å². The van der Waals surface area contributed by atoms with E-state index in [4.69, 9.17) is 4.98 Å². The highest BCUT2D eigenvalue weighted by atomic mass is 16.3. The topological polar surface area (TPSA) is 52.5 Å². The van der Waals surface area contributed by atoms with Crippen LogP contribution < -0.4 is 4.90 Å². The van der Waals surface area contributed by atoms with Crippen LogP contribution in [0.25, 0.3) is 22.0 Å². The van der Waals surface area contributed by atoms with Gasteiger partial charge in [0.2, 0.25) is 5.95 Å². The Morgan fingerprint density at radius 1 is 0.931 bits per heavy atom. The summed E-state index contributed by atoms with van der Waals surface area (Å²) in [6.45, 7) is 4.53. The highest BCUT2D eigenvalue weighted by Gasteiger charge is 2.31. The van der Waals surface area contributed by atoms with E-state index in [-0.39, 0.29) is 0 Å². The van der Waals surface area contributed by atoms with Crippen LogP contribution in [0.4, 0.5) is 5.95 Å². The quantitative estimate of drug-likeness (QED) is 0.740. The first-order valence-electron chi connectivity index (χ1n) is 10.7. The fraction of sp³-hybridized carbons (Fsp3) is 0.417. The number of fused-ring (bicyclic) bond motifs is 1. The zero-order chi connectivity index (χ0) is 19.6. The molecule has 2 aliphatic heterocycles. The van der Waals surface area contributed by atoms with Crippen molar-refractivity contribution in [3.8, 4) is 11.3 Å². The number of benzene rings is 2. The fourth-order valence-corrected chi connectivity index (χ4v) is 4.73. The first-order chi connectivity index (χ1) is 14.3.